The largest absolute Gasteiger partial charge is 0.355 e. The van der Waals surface area contributed by atoms with E-state index < -0.39 is 0 Å². The van der Waals surface area contributed by atoms with Crippen molar-refractivity contribution in [2.75, 3.05) is 26.7 Å². The second kappa shape index (κ2) is 9.61. The van der Waals surface area contributed by atoms with Crippen LogP contribution in [0.25, 0.3) is 0 Å². The van der Waals surface area contributed by atoms with Crippen LogP contribution in [-0.4, -0.2) is 53.7 Å². The van der Waals surface area contributed by atoms with Gasteiger partial charge in [-0.3, -0.25) is 9.89 Å². The van der Waals surface area contributed by atoms with E-state index in [9.17, 15) is 0 Å². The molecule has 1 aliphatic heterocycles. The number of hydrogen-bond acceptors (Lipinski definition) is 5. The first kappa shape index (κ1) is 18.7. The summed E-state index contributed by atoms with van der Waals surface area (Å²) in [5, 5.41) is 10.6. The summed E-state index contributed by atoms with van der Waals surface area (Å²) in [5.41, 5.74) is 0. The van der Waals surface area contributed by atoms with Crippen LogP contribution in [0.3, 0.4) is 0 Å². The summed E-state index contributed by atoms with van der Waals surface area (Å²) in [6.07, 6.45) is 5.35. The van der Waals surface area contributed by atoms with Crippen LogP contribution in [0, 0.1) is 12.8 Å². The van der Waals surface area contributed by atoms with Gasteiger partial charge in [0.25, 0.3) is 0 Å². The molecule has 1 aromatic heterocycles. The van der Waals surface area contributed by atoms with Gasteiger partial charge in [0.05, 0.1) is 6.54 Å². The van der Waals surface area contributed by atoms with Crippen molar-refractivity contribution in [2.45, 2.75) is 59.0 Å². The van der Waals surface area contributed by atoms with Gasteiger partial charge in [0, 0.05) is 26.6 Å². The summed E-state index contributed by atoms with van der Waals surface area (Å²) < 4.78 is 4.98. The summed E-state index contributed by atoms with van der Waals surface area (Å²) in [4.78, 5) is 11.1. The highest BCUT2D eigenvalue weighted by molar-refractivity contribution is 5.79. The van der Waals surface area contributed by atoms with E-state index in [1.807, 2.05) is 0 Å². The van der Waals surface area contributed by atoms with E-state index >= 15 is 0 Å². The van der Waals surface area contributed by atoms with Crippen molar-refractivity contribution in [1.82, 2.24) is 25.7 Å². The molecule has 1 aliphatic rings. The van der Waals surface area contributed by atoms with Crippen LogP contribution in [0.5, 0.6) is 0 Å². The van der Waals surface area contributed by atoms with Crippen LogP contribution < -0.4 is 10.6 Å². The van der Waals surface area contributed by atoms with Crippen LogP contribution in [-0.2, 0) is 6.54 Å². The first-order valence-electron chi connectivity index (χ1n) is 9.08. The average molecular weight is 336 g/mol. The minimum Gasteiger partial charge on any atom is -0.355 e. The number of nitrogens with one attached hydrogen (secondary N) is 2. The summed E-state index contributed by atoms with van der Waals surface area (Å²) in [7, 11) is 1.78. The second-order valence-electron chi connectivity index (χ2n) is 6.80. The maximum Gasteiger partial charge on any atom is 0.223 e. The van der Waals surface area contributed by atoms with Gasteiger partial charge >= 0.3 is 0 Å². The van der Waals surface area contributed by atoms with E-state index in [1.54, 1.807) is 14.0 Å². The minimum atomic E-state index is 0.507. The summed E-state index contributed by atoms with van der Waals surface area (Å²) in [5.74, 6) is 2.60. The SMILES string of the molecule is CN=C(NCc1noc(C)n1)NCC(C(C)C)N1CCCCCC1. The number of nitrogens with zero attached hydrogens (tertiary/aromatic N) is 4. The zero-order valence-electron chi connectivity index (χ0n) is 15.5. The number of aryl methyl sites for hydroxylation is 1. The number of likely N-dealkylation sites (tertiary alicyclic amines) is 1. The monoisotopic (exact) mass is 336 g/mol. The molecule has 0 radical (unpaired) electrons. The molecule has 0 spiro atoms. The standard InChI is InChI=1S/C17H32N6O/c1-13(2)15(23-9-7-5-6-8-10-23)11-19-17(18-4)20-12-16-21-14(3)24-22-16/h13,15H,5-12H2,1-4H3,(H2,18,19,20). The van der Waals surface area contributed by atoms with Crippen molar-refractivity contribution < 1.29 is 4.52 Å². The molecule has 1 aromatic rings. The Labute approximate surface area is 145 Å². The van der Waals surface area contributed by atoms with Gasteiger partial charge in [0.2, 0.25) is 5.89 Å². The fourth-order valence-corrected chi connectivity index (χ4v) is 3.21. The van der Waals surface area contributed by atoms with E-state index in [4.69, 9.17) is 4.52 Å². The molecule has 2 heterocycles. The van der Waals surface area contributed by atoms with Gasteiger partial charge in [0.1, 0.15) is 0 Å². The molecule has 24 heavy (non-hydrogen) atoms. The van der Waals surface area contributed by atoms with Gasteiger partial charge in [-0.25, -0.2) is 0 Å². The average Bonchev–Trinajstić information content (AvgIpc) is 2.81. The summed E-state index contributed by atoms with van der Waals surface area (Å²) in [6, 6.07) is 0.522. The molecule has 0 aromatic carbocycles. The van der Waals surface area contributed by atoms with Gasteiger partial charge in [-0.05, 0) is 31.8 Å². The number of rotatable bonds is 6. The highest BCUT2D eigenvalue weighted by atomic mass is 16.5. The van der Waals surface area contributed by atoms with E-state index in [0.717, 1.165) is 12.5 Å². The number of aromatic nitrogens is 2. The zero-order chi connectivity index (χ0) is 17.4. The highest BCUT2D eigenvalue weighted by Crippen LogP contribution is 2.17. The Balaban J connectivity index is 1.84. The molecule has 2 rings (SSSR count). The number of aliphatic imine (C=N–C) groups is 1. The fourth-order valence-electron chi connectivity index (χ4n) is 3.21. The minimum absolute atomic E-state index is 0.507. The molecule has 0 amide bonds. The predicted molar refractivity (Wildman–Crippen MR) is 95.9 cm³/mol. The summed E-state index contributed by atoms with van der Waals surface area (Å²) in [6.45, 7) is 10.2. The van der Waals surface area contributed by atoms with E-state index in [-0.39, 0.29) is 0 Å². The third-order valence-corrected chi connectivity index (χ3v) is 4.57. The molecule has 0 aliphatic carbocycles. The second-order valence-corrected chi connectivity index (χ2v) is 6.80. The van der Waals surface area contributed by atoms with Gasteiger partial charge in [0.15, 0.2) is 11.8 Å². The molecule has 0 saturated carbocycles. The molecule has 0 bridgehead atoms. The van der Waals surface area contributed by atoms with Gasteiger partial charge in [-0.15, -0.1) is 0 Å². The molecule has 1 saturated heterocycles. The number of hydrogen-bond donors (Lipinski definition) is 2. The van der Waals surface area contributed by atoms with Crippen molar-refractivity contribution in [1.29, 1.82) is 0 Å². The van der Waals surface area contributed by atoms with Gasteiger partial charge in [-0.1, -0.05) is 31.8 Å². The molecule has 7 nitrogen and oxygen atoms in total. The molecule has 2 N–H and O–H groups in total. The van der Waals surface area contributed by atoms with Crippen LogP contribution in [0.1, 0.15) is 51.2 Å². The Bertz CT molecular complexity index is 505. The quantitative estimate of drug-likeness (QED) is 0.611. The Kier molecular flexibility index (Phi) is 7.49. The van der Waals surface area contributed by atoms with E-state index in [1.165, 1.54) is 38.8 Å². The van der Waals surface area contributed by atoms with Crippen LogP contribution in [0.2, 0.25) is 0 Å². The Morgan fingerprint density at radius 1 is 1.21 bits per heavy atom. The first-order valence-corrected chi connectivity index (χ1v) is 9.08. The van der Waals surface area contributed by atoms with Crippen LogP contribution >= 0.6 is 0 Å². The lowest BCUT2D eigenvalue weighted by Crippen LogP contribution is -2.49. The lowest BCUT2D eigenvalue weighted by atomic mass is 10.0. The fraction of sp³-hybridized carbons (Fsp3) is 0.824. The molecule has 1 atom stereocenters. The molecule has 136 valence electrons. The molecule has 1 unspecified atom stereocenters. The lowest BCUT2D eigenvalue weighted by molar-refractivity contribution is 0.161. The van der Waals surface area contributed by atoms with Gasteiger partial charge in [-0.2, -0.15) is 4.98 Å². The van der Waals surface area contributed by atoms with Crippen LogP contribution in [0.15, 0.2) is 9.52 Å². The van der Waals surface area contributed by atoms with Gasteiger partial charge < -0.3 is 15.2 Å². The smallest absolute Gasteiger partial charge is 0.223 e. The van der Waals surface area contributed by atoms with Crippen molar-refractivity contribution in [3.8, 4) is 0 Å². The van der Waals surface area contributed by atoms with E-state index in [0.29, 0.717) is 30.2 Å². The van der Waals surface area contributed by atoms with Crippen molar-refractivity contribution in [3.05, 3.63) is 11.7 Å². The van der Waals surface area contributed by atoms with Crippen molar-refractivity contribution in [2.24, 2.45) is 10.9 Å². The Morgan fingerprint density at radius 3 is 2.46 bits per heavy atom. The third-order valence-electron chi connectivity index (χ3n) is 4.57. The molecule has 1 fully saturated rings. The van der Waals surface area contributed by atoms with Crippen LogP contribution in [0.4, 0.5) is 0 Å². The number of guanidine groups is 1. The predicted octanol–water partition coefficient (Wildman–Crippen LogP) is 1.94. The third kappa shape index (κ3) is 5.78. The topological polar surface area (TPSA) is 78.6 Å². The summed E-state index contributed by atoms with van der Waals surface area (Å²) >= 11 is 0. The Hall–Kier alpha value is -1.63. The first-order chi connectivity index (χ1) is 11.6. The molecule has 7 heteroatoms. The van der Waals surface area contributed by atoms with Crippen molar-refractivity contribution in [3.63, 3.8) is 0 Å². The van der Waals surface area contributed by atoms with Crippen molar-refractivity contribution >= 4 is 5.96 Å². The lowest BCUT2D eigenvalue weighted by Gasteiger charge is -2.34. The molecular formula is C17H32N6O. The zero-order valence-corrected chi connectivity index (χ0v) is 15.5. The Morgan fingerprint density at radius 2 is 1.92 bits per heavy atom. The maximum atomic E-state index is 4.98. The maximum absolute atomic E-state index is 4.98. The highest BCUT2D eigenvalue weighted by Gasteiger charge is 2.22. The van der Waals surface area contributed by atoms with E-state index in [2.05, 4.69) is 44.5 Å². The molecular weight excluding hydrogens is 304 g/mol. The normalized spacial score (nSPS) is 18.5.